The van der Waals surface area contributed by atoms with Crippen LogP contribution in [0.1, 0.15) is 41.0 Å². The van der Waals surface area contributed by atoms with Crippen molar-refractivity contribution in [1.82, 2.24) is 28.9 Å². The lowest BCUT2D eigenvalue weighted by molar-refractivity contribution is -0.190. The second-order valence-electron chi connectivity index (χ2n) is 13.2. The second kappa shape index (κ2) is 16.8. The number of aromatic nitrogens is 4. The van der Waals surface area contributed by atoms with Gasteiger partial charge in [-0.2, -0.15) is 0 Å². The van der Waals surface area contributed by atoms with E-state index in [0.717, 1.165) is 0 Å². The Morgan fingerprint density at radius 3 is 2.42 bits per heavy atom. The molecule has 4 aromatic rings. The molecule has 4 heterocycles. The van der Waals surface area contributed by atoms with Gasteiger partial charge in [-0.25, -0.2) is 9.97 Å². The van der Waals surface area contributed by atoms with Crippen molar-refractivity contribution in [2.75, 3.05) is 63.2 Å². The van der Waals surface area contributed by atoms with Crippen LogP contribution in [0.4, 0.5) is 11.9 Å². The highest BCUT2D eigenvalue weighted by molar-refractivity contribution is 5.99. The molecule has 0 radical (unpaired) electrons. The van der Waals surface area contributed by atoms with E-state index in [0.29, 0.717) is 99.1 Å². The van der Waals surface area contributed by atoms with Gasteiger partial charge in [-0.05, 0) is 43.7 Å². The van der Waals surface area contributed by atoms with Crippen LogP contribution >= 0.6 is 0 Å². The molecule has 6 N–H and O–H groups in total. The van der Waals surface area contributed by atoms with E-state index in [2.05, 4.69) is 30.7 Å². The number of hydrogen-bond acceptors (Lipinski definition) is 12. The topological polar surface area (TPSA) is 244 Å². The maximum atomic E-state index is 12.5. The van der Waals surface area contributed by atoms with Crippen molar-refractivity contribution in [3.05, 3.63) is 53.6 Å². The lowest BCUT2D eigenvalue weighted by Crippen LogP contribution is -2.70. The van der Waals surface area contributed by atoms with Gasteiger partial charge in [0, 0.05) is 63.5 Å². The van der Waals surface area contributed by atoms with Crippen molar-refractivity contribution in [2.45, 2.75) is 39.0 Å². The Bertz CT molecular complexity index is 2170. The van der Waals surface area contributed by atoms with Gasteiger partial charge in [0.25, 0.3) is 5.91 Å². The Hall–Kier alpha value is -6.34. The molecule has 0 aliphatic carbocycles. The summed E-state index contributed by atoms with van der Waals surface area (Å²) in [5.41, 5.74) is 13.3. The fourth-order valence-electron chi connectivity index (χ4n) is 6.81. The molecule has 5 amide bonds. The molecule has 2 fully saturated rings. The number of benzene rings is 2. The summed E-state index contributed by atoms with van der Waals surface area (Å²) in [5.74, 6) is -0.818. The molecule has 290 valence electrons. The predicted octanol–water partition coefficient (Wildman–Crippen LogP) is 1.07. The number of imidazole rings is 2. The SMILES string of the molecule is C/C=N\OCC(=O)N1CCOC2(CN(CCCOc3cc(C(N)=O)cc4nc(NC=O)n(C/C=C/Cn5c(NC(C)=O)nc6cc(C(N)=O)ccc65)c34)C2)C1. The standard InChI is InChI=1S/C36H43N11O8/c1-3-40-55-18-30(50)45-12-14-54-36(21-45)19-44(20-36)9-6-13-53-29-17-25(33(38)52)16-27-31(29)47(34(43-27)39-22-48)11-5-4-10-46-28-8-7-24(32(37)51)15-26(28)42-35(46)41-23(2)49/h3-5,7-8,15-17,22H,6,9-14,18-21H2,1-2H3,(H2,37,51)(H2,38,52)(H,39,43,48)(H,41,42,49)/b5-4+,40-3-. The molecule has 0 saturated carbocycles. The molecule has 55 heavy (non-hydrogen) atoms. The number of anilines is 2. The minimum absolute atomic E-state index is 0.112. The number of primary amides is 2. The summed E-state index contributed by atoms with van der Waals surface area (Å²) in [5, 5.41) is 8.99. The third-order valence-corrected chi connectivity index (χ3v) is 9.21. The molecule has 2 aliphatic rings. The highest BCUT2D eigenvalue weighted by Crippen LogP contribution is 2.32. The number of carbonyl (C=O) groups is 5. The van der Waals surface area contributed by atoms with Crippen molar-refractivity contribution >= 4 is 70.2 Å². The van der Waals surface area contributed by atoms with Gasteiger partial charge in [-0.1, -0.05) is 17.3 Å². The number of carbonyl (C=O) groups excluding carboxylic acids is 5. The maximum Gasteiger partial charge on any atom is 0.263 e. The Kier molecular flexibility index (Phi) is 11.7. The second-order valence-corrected chi connectivity index (χ2v) is 13.2. The van der Waals surface area contributed by atoms with Crippen molar-refractivity contribution < 1.29 is 38.3 Å². The third-order valence-electron chi connectivity index (χ3n) is 9.21. The highest BCUT2D eigenvalue weighted by atomic mass is 16.6. The molecular formula is C36H43N11O8. The van der Waals surface area contributed by atoms with E-state index in [9.17, 15) is 24.0 Å². The lowest BCUT2D eigenvalue weighted by atomic mass is 9.91. The van der Waals surface area contributed by atoms with E-state index in [1.165, 1.54) is 13.1 Å². The first kappa shape index (κ1) is 38.4. The molecule has 0 bridgehead atoms. The number of nitrogens with one attached hydrogen (secondary N) is 2. The quantitative estimate of drug-likeness (QED) is 0.0390. The van der Waals surface area contributed by atoms with Crippen LogP contribution in [0.15, 0.2) is 47.6 Å². The Balaban J connectivity index is 1.13. The zero-order valence-corrected chi connectivity index (χ0v) is 30.5. The Morgan fingerprint density at radius 2 is 1.71 bits per heavy atom. The van der Waals surface area contributed by atoms with E-state index in [1.807, 2.05) is 12.2 Å². The average molecular weight is 758 g/mol. The van der Waals surface area contributed by atoms with Crippen LogP contribution < -0.4 is 26.8 Å². The molecule has 1 spiro atoms. The fourth-order valence-corrected chi connectivity index (χ4v) is 6.81. The van der Waals surface area contributed by atoms with Crippen molar-refractivity contribution in [3.8, 4) is 5.75 Å². The summed E-state index contributed by atoms with van der Waals surface area (Å²) in [7, 11) is 0. The molecule has 0 unspecified atom stereocenters. The normalized spacial score (nSPS) is 15.5. The molecule has 6 rings (SSSR count). The summed E-state index contributed by atoms with van der Waals surface area (Å²) in [6.45, 7) is 7.29. The van der Waals surface area contributed by atoms with Crippen molar-refractivity contribution in [1.29, 1.82) is 0 Å². The van der Waals surface area contributed by atoms with Gasteiger partial charge in [-0.15, -0.1) is 0 Å². The first-order valence-corrected chi connectivity index (χ1v) is 17.6. The van der Waals surface area contributed by atoms with Crippen LogP contribution in [0.5, 0.6) is 5.75 Å². The number of oxime groups is 1. The smallest absolute Gasteiger partial charge is 0.263 e. The Morgan fingerprint density at radius 1 is 0.982 bits per heavy atom. The maximum absolute atomic E-state index is 12.5. The van der Waals surface area contributed by atoms with Crippen LogP contribution in [0.3, 0.4) is 0 Å². The summed E-state index contributed by atoms with van der Waals surface area (Å²) < 4.78 is 15.9. The number of morpholine rings is 1. The number of rotatable bonds is 17. The zero-order valence-electron chi connectivity index (χ0n) is 30.5. The summed E-state index contributed by atoms with van der Waals surface area (Å²) in [6, 6.07) is 7.96. The predicted molar refractivity (Wildman–Crippen MR) is 202 cm³/mol. The summed E-state index contributed by atoms with van der Waals surface area (Å²) in [4.78, 5) is 78.1. The number of likely N-dealkylation sites (tertiary alicyclic amines) is 1. The molecule has 2 aromatic heterocycles. The number of nitrogens with zero attached hydrogens (tertiary/aromatic N) is 7. The van der Waals surface area contributed by atoms with Gasteiger partial charge in [0.15, 0.2) is 6.61 Å². The molecule has 19 nitrogen and oxygen atoms in total. The van der Waals surface area contributed by atoms with Crippen LogP contribution in [0, 0.1) is 0 Å². The van der Waals surface area contributed by atoms with Gasteiger partial charge in [0.1, 0.15) is 16.9 Å². The van der Waals surface area contributed by atoms with E-state index in [4.69, 9.17) is 25.8 Å². The number of fused-ring (bicyclic) bond motifs is 2. The van der Waals surface area contributed by atoms with Crippen LogP contribution in [0.25, 0.3) is 22.1 Å². The first-order valence-electron chi connectivity index (χ1n) is 17.6. The van der Waals surface area contributed by atoms with Gasteiger partial charge in [0.05, 0.1) is 36.3 Å². The zero-order chi connectivity index (χ0) is 39.1. The fraction of sp³-hybridized carbons (Fsp3) is 0.389. The van der Waals surface area contributed by atoms with Crippen LogP contribution in [-0.4, -0.2) is 123 Å². The minimum Gasteiger partial charge on any atom is -0.491 e. The van der Waals surface area contributed by atoms with E-state index in [1.54, 1.807) is 51.3 Å². The van der Waals surface area contributed by atoms with Gasteiger partial charge in [-0.3, -0.25) is 39.5 Å². The summed E-state index contributed by atoms with van der Waals surface area (Å²) >= 11 is 0. The Labute approximate surface area is 315 Å². The number of allylic oxidation sites excluding steroid dienone is 2. The monoisotopic (exact) mass is 757 g/mol. The lowest BCUT2D eigenvalue weighted by Gasteiger charge is -2.53. The minimum atomic E-state index is -0.660. The molecule has 2 saturated heterocycles. The molecule has 2 aromatic carbocycles. The summed E-state index contributed by atoms with van der Waals surface area (Å²) in [6.07, 6.45) is 6.34. The van der Waals surface area contributed by atoms with Crippen molar-refractivity contribution in [2.24, 2.45) is 16.6 Å². The van der Waals surface area contributed by atoms with Crippen molar-refractivity contribution in [3.63, 3.8) is 0 Å². The van der Waals surface area contributed by atoms with Gasteiger partial charge in [0.2, 0.25) is 36.0 Å². The molecule has 2 aliphatic heterocycles. The molecular weight excluding hydrogens is 714 g/mol. The number of amides is 5. The van der Waals surface area contributed by atoms with E-state index in [-0.39, 0.29) is 42.0 Å². The number of nitrogens with two attached hydrogens (primary N) is 2. The van der Waals surface area contributed by atoms with E-state index < -0.39 is 17.4 Å². The largest absolute Gasteiger partial charge is 0.491 e. The number of hydrogen-bond donors (Lipinski definition) is 4. The first-order chi connectivity index (χ1) is 26.5. The third kappa shape index (κ3) is 8.73. The van der Waals surface area contributed by atoms with Crippen LogP contribution in [-0.2, 0) is 37.0 Å². The molecule has 0 atom stereocenters. The van der Waals surface area contributed by atoms with Gasteiger partial charge >= 0.3 is 0 Å². The van der Waals surface area contributed by atoms with Crippen LogP contribution in [0.2, 0.25) is 0 Å². The average Bonchev–Trinajstić information content (AvgIpc) is 3.66. The van der Waals surface area contributed by atoms with Gasteiger partial charge < -0.3 is 39.8 Å². The molecule has 19 heteroatoms. The van der Waals surface area contributed by atoms with E-state index >= 15 is 0 Å². The highest BCUT2D eigenvalue weighted by Gasteiger charge is 2.47. The number of ether oxygens (including phenoxy) is 2.